The highest BCUT2D eigenvalue weighted by Crippen LogP contribution is 2.20. The quantitative estimate of drug-likeness (QED) is 0.751. The molecule has 1 aromatic carbocycles. The number of fused-ring (bicyclic) bond motifs is 1. The van der Waals surface area contributed by atoms with E-state index in [0.717, 1.165) is 28.6 Å². The van der Waals surface area contributed by atoms with Gasteiger partial charge in [-0.2, -0.15) is 0 Å². The molecule has 1 heterocycles. The van der Waals surface area contributed by atoms with E-state index in [2.05, 4.69) is 13.2 Å². The molecule has 0 amide bonds. The van der Waals surface area contributed by atoms with Crippen LogP contribution in [-0.4, -0.2) is 11.2 Å². The minimum Gasteiger partial charge on any atom is -0.489 e. The fraction of sp³-hybridized carbons (Fsp3) is 0.235. The first-order valence-electron chi connectivity index (χ1n) is 6.63. The summed E-state index contributed by atoms with van der Waals surface area (Å²) in [4.78, 5) is 12.0. The molecule has 0 atom stereocenters. The van der Waals surface area contributed by atoms with Gasteiger partial charge in [0.05, 0.1) is 5.52 Å². The third kappa shape index (κ3) is 3.18. The zero-order valence-electron chi connectivity index (χ0n) is 11.8. The van der Waals surface area contributed by atoms with E-state index < -0.39 is 0 Å². The molecule has 0 N–H and O–H groups in total. The topological polar surface area (TPSA) is 31.2 Å². The second kappa shape index (κ2) is 6.24. The van der Waals surface area contributed by atoms with Crippen LogP contribution in [0, 0.1) is 0 Å². The van der Waals surface area contributed by atoms with Gasteiger partial charge >= 0.3 is 0 Å². The number of allylic oxidation sites excluding steroid dienone is 1. The molecule has 2 rings (SSSR count). The molecular formula is C17H19NO2. The highest BCUT2D eigenvalue weighted by molar-refractivity contribution is 5.80. The average Bonchev–Trinajstić information content (AvgIpc) is 2.43. The fourth-order valence-corrected chi connectivity index (χ4v) is 2.05. The maximum absolute atomic E-state index is 12.0. The van der Waals surface area contributed by atoms with Gasteiger partial charge in [-0.1, -0.05) is 18.2 Å². The molecule has 0 saturated carbocycles. The van der Waals surface area contributed by atoms with E-state index in [-0.39, 0.29) is 5.56 Å². The van der Waals surface area contributed by atoms with Gasteiger partial charge in [-0.3, -0.25) is 4.79 Å². The molecule has 3 heteroatoms. The van der Waals surface area contributed by atoms with Crippen LogP contribution in [0.15, 0.2) is 59.9 Å². The third-order valence-electron chi connectivity index (χ3n) is 3.09. The summed E-state index contributed by atoms with van der Waals surface area (Å²) in [6, 6.07) is 9.21. The number of nitrogens with zero attached hydrogens (tertiary/aromatic N) is 1. The van der Waals surface area contributed by atoms with E-state index in [0.29, 0.717) is 13.2 Å². The van der Waals surface area contributed by atoms with Crippen LogP contribution in [0.3, 0.4) is 0 Å². The van der Waals surface area contributed by atoms with Crippen LogP contribution in [-0.2, 0) is 6.54 Å². The van der Waals surface area contributed by atoms with Crippen molar-refractivity contribution in [3.63, 3.8) is 0 Å². The van der Waals surface area contributed by atoms with Gasteiger partial charge in [0.1, 0.15) is 12.4 Å². The van der Waals surface area contributed by atoms with Crippen molar-refractivity contribution in [1.82, 2.24) is 4.57 Å². The summed E-state index contributed by atoms with van der Waals surface area (Å²) >= 11 is 0. The van der Waals surface area contributed by atoms with Gasteiger partial charge in [-0.25, -0.2) is 0 Å². The number of rotatable bonds is 6. The van der Waals surface area contributed by atoms with Crippen LogP contribution < -0.4 is 10.3 Å². The maximum Gasteiger partial charge on any atom is 0.251 e. The molecule has 20 heavy (non-hydrogen) atoms. The molecule has 0 aliphatic carbocycles. The van der Waals surface area contributed by atoms with Crippen molar-refractivity contribution in [3.05, 3.63) is 65.5 Å². The van der Waals surface area contributed by atoms with Gasteiger partial charge in [0.15, 0.2) is 0 Å². The number of pyridine rings is 1. The Morgan fingerprint density at radius 2 is 2.10 bits per heavy atom. The monoisotopic (exact) mass is 269 g/mol. The van der Waals surface area contributed by atoms with Crippen LogP contribution in [0.5, 0.6) is 5.75 Å². The summed E-state index contributed by atoms with van der Waals surface area (Å²) in [5.41, 5.74) is 1.95. The highest BCUT2D eigenvalue weighted by atomic mass is 16.5. The number of ether oxygens (including phenoxy) is 1. The first kappa shape index (κ1) is 14.1. The van der Waals surface area contributed by atoms with Gasteiger partial charge in [0.2, 0.25) is 0 Å². The Kier molecular flexibility index (Phi) is 4.41. The lowest BCUT2D eigenvalue weighted by Crippen LogP contribution is -2.19. The zero-order valence-corrected chi connectivity index (χ0v) is 11.8. The number of aryl methyl sites for hydroxylation is 1. The van der Waals surface area contributed by atoms with Crippen molar-refractivity contribution < 1.29 is 4.74 Å². The van der Waals surface area contributed by atoms with Crippen molar-refractivity contribution in [2.75, 3.05) is 6.61 Å². The fourth-order valence-electron chi connectivity index (χ4n) is 2.05. The summed E-state index contributed by atoms with van der Waals surface area (Å²) < 4.78 is 7.30. The Bertz CT molecular complexity index is 698. The Labute approximate surface area is 118 Å². The van der Waals surface area contributed by atoms with E-state index in [1.807, 2.05) is 31.2 Å². The minimum atomic E-state index is -0.000351. The van der Waals surface area contributed by atoms with Crippen LogP contribution in [0.1, 0.15) is 13.3 Å². The molecule has 1 aromatic heterocycles. The Morgan fingerprint density at radius 1 is 1.35 bits per heavy atom. The Balaban J connectivity index is 2.46. The summed E-state index contributed by atoms with van der Waals surface area (Å²) in [7, 11) is 0. The lowest BCUT2D eigenvalue weighted by atomic mass is 10.2. The number of hydrogen-bond donors (Lipinski definition) is 0. The van der Waals surface area contributed by atoms with Crippen molar-refractivity contribution in [1.29, 1.82) is 0 Å². The summed E-state index contributed by atoms with van der Waals surface area (Å²) in [6.07, 6.45) is 2.49. The smallest absolute Gasteiger partial charge is 0.251 e. The third-order valence-corrected chi connectivity index (χ3v) is 3.09. The number of aromatic nitrogens is 1. The summed E-state index contributed by atoms with van der Waals surface area (Å²) in [5.74, 6) is 0.743. The lowest BCUT2D eigenvalue weighted by Gasteiger charge is -2.11. The van der Waals surface area contributed by atoms with E-state index >= 15 is 0 Å². The molecule has 2 aromatic rings. The van der Waals surface area contributed by atoms with Crippen LogP contribution in [0.25, 0.3) is 10.9 Å². The SMILES string of the molecule is C=CCOc1ccc2ccc(=O)n(CCC(=C)C)c2c1. The zero-order chi connectivity index (χ0) is 14.5. The number of hydrogen-bond acceptors (Lipinski definition) is 2. The first-order valence-corrected chi connectivity index (χ1v) is 6.63. The van der Waals surface area contributed by atoms with Crippen molar-refractivity contribution in [2.24, 2.45) is 0 Å². The van der Waals surface area contributed by atoms with Gasteiger partial charge in [0, 0.05) is 18.7 Å². The standard InChI is InChI=1S/C17H19NO2/c1-4-11-20-15-7-5-14-6-8-17(19)18(16(14)12-15)10-9-13(2)3/h4-8,12H,1-2,9-11H2,3H3. The molecule has 0 aliphatic rings. The predicted molar refractivity (Wildman–Crippen MR) is 83.3 cm³/mol. The van der Waals surface area contributed by atoms with Crippen LogP contribution >= 0.6 is 0 Å². The molecule has 3 nitrogen and oxygen atoms in total. The maximum atomic E-state index is 12.0. The molecule has 0 unspecified atom stereocenters. The van der Waals surface area contributed by atoms with Gasteiger partial charge in [-0.05, 0) is 36.9 Å². The van der Waals surface area contributed by atoms with Gasteiger partial charge < -0.3 is 9.30 Å². The van der Waals surface area contributed by atoms with Crippen molar-refractivity contribution >= 4 is 10.9 Å². The normalized spacial score (nSPS) is 10.4. The summed E-state index contributed by atoms with van der Waals surface area (Å²) in [6.45, 7) is 10.6. The minimum absolute atomic E-state index is 0.000351. The molecule has 0 spiro atoms. The van der Waals surface area contributed by atoms with Gasteiger partial charge in [-0.15, -0.1) is 6.58 Å². The van der Waals surface area contributed by atoms with Gasteiger partial charge in [0.25, 0.3) is 5.56 Å². The Hall–Kier alpha value is -2.29. The van der Waals surface area contributed by atoms with E-state index in [1.54, 1.807) is 16.7 Å². The molecule has 0 fully saturated rings. The molecule has 0 bridgehead atoms. The number of benzene rings is 1. The Morgan fingerprint density at radius 3 is 2.80 bits per heavy atom. The molecule has 0 aliphatic heterocycles. The molecule has 0 saturated heterocycles. The van der Waals surface area contributed by atoms with Crippen LogP contribution in [0.4, 0.5) is 0 Å². The largest absolute Gasteiger partial charge is 0.489 e. The van der Waals surface area contributed by atoms with Crippen molar-refractivity contribution in [2.45, 2.75) is 19.9 Å². The van der Waals surface area contributed by atoms with E-state index in [1.165, 1.54) is 0 Å². The lowest BCUT2D eigenvalue weighted by molar-refractivity contribution is 0.363. The second-order valence-corrected chi connectivity index (χ2v) is 4.85. The summed E-state index contributed by atoms with van der Waals surface area (Å²) in [5, 5.41) is 1.03. The molecule has 0 radical (unpaired) electrons. The van der Waals surface area contributed by atoms with Crippen LogP contribution in [0.2, 0.25) is 0 Å². The molecular weight excluding hydrogens is 250 g/mol. The van der Waals surface area contributed by atoms with E-state index in [9.17, 15) is 4.79 Å². The molecule has 104 valence electrons. The average molecular weight is 269 g/mol. The second-order valence-electron chi connectivity index (χ2n) is 4.85. The van der Waals surface area contributed by atoms with E-state index in [4.69, 9.17) is 4.74 Å². The highest BCUT2D eigenvalue weighted by Gasteiger charge is 2.05. The first-order chi connectivity index (χ1) is 9.61. The predicted octanol–water partition coefficient (Wildman–Crippen LogP) is 3.53. The van der Waals surface area contributed by atoms with Crippen molar-refractivity contribution in [3.8, 4) is 5.75 Å².